The van der Waals surface area contributed by atoms with Crippen molar-refractivity contribution >= 4 is 32.9 Å². The summed E-state index contributed by atoms with van der Waals surface area (Å²) in [7, 11) is 1.94. The molecule has 0 amide bonds. The number of aromatic carboxylic acids is 1. The van der Waals surface area contributed by atoms with E-state index in [0.717, 1.165) is 26.9 Å². The van der Waals surface area contributed by atoms with Crippen LogP contribution in [0.4, 0.5) is 0 Å². The van der Waals surface area contributed by atoms with Crippen molar-refractivity contribution in [1.82, 2.24) is 9.55 Å². The summed E-state index contributed by atoms with van der Waals surface area (Å²) in [4.78, 5) is 15.7. The molecule has 106 valence electrons. The Kier molecular flexibility index (Phi) is 3.29. The zero-order valence-electron chi connectivity index (χ0n) is 11.6. The zero-order valence-corrected chi connectivity index (χ0v) is 13.2. The highest BCUT2D eigenvalue weighted by Crippen LogP contribution is 2.30. The summed E-state index contributed by atoms with van der Waals surface area (Å²) in [6.07, 6.45) is 0. The largest absolute Gasteiger partial charge is 0.478 e. The van der Waals surface area contributed by atoms with E-state index in [2.05, 4.69) is 20.9 Å². The molecule has 0 bridgehead atoms. The number of rotatable bonds is 2. The Morgan fingerprint density at radius 2 is 2.05 bits per heavy atom. The molecule has 0 fully saturated rings. The maximum Gasteiger partial charge on any atom is 0.335 e. The lowest BCUT2D eigenvalue weighted by molar-refractivity contribution is 0.0697. The number of benzene rings is 2. The number of carbonyl (C=O) groups is 1. The van der Waals surface area contributed by atoms with Gasteiger partial charge >= 0.3 is 5.97 Å². The van der Waals surface area contributed by atoms with Gasteiger partial charge in [-0.15, -0.1) is 0 Å². The Labute approximate surface area is 130 Å². The molecule has 0 aliphatic heterocycles. The van der Waals surface area contributed by atoms with Gasteiger partial charge in [0.15, 0.2) is 0 Å². The molecule has 1 aromatic heterocycles. The minimum atomic E-state index is -0.942. The third-order valence-corrected chi connectivity index (χ3v) is 4.50. The van der Waals surface area contributed by atoms with Gasteiger partial charge in [-0.2, -0.15) is 0 Å². The molecule has 1 heterocycles. The summed E-state index contributed by atoms with van der Waals surface area (Å²) >= 11 is 3.53. The van der Waals surface area contributed by atoms with E-state index >= 15 is 0 Å². The second-order valence-corrected chi connectivity index (χ2v) is 5.77. The van der Waals surface area contributed by atoms with E-state index < -0.39 is 5.97 Å². The van der Waals surface area contributed by atoms with Gasteiger partial charge in [0.05, 0.1) is 16.6 Å². The highest BCUT2D eigenvalue weighted by Gasteiger charge is 2.14. The summed E-state index contributed by atoms with van der Waals surface area (Å²) < 4.78 is 3.01. The minimum Gasteiger partial charge on any atom is -0.478 e. The SMILES string of the molecule is Cc1c(Br)cccc1-c1nc2cc(C(=O)O)ccc2n1C. The van der Waals surface area contributed by atoms with Crippen molar-refractivity contribution in [2.24, 2.45) is 7.05 Å². The number of carboxylic acid groups (broad SMARTS) is 1. The van der Waals surface area contributed by atoms with Gasteiger partial charge in [0.2, 0.25) is 0 Å². The molecule has 0 atom stereocenters. The van der Waals surface area contributed by atoms with Crippen LogP contribution in [0.25, 0.3) is 22.4 Å². The van der Waals surface area contributed by atoms with E-state index in [1.807, 2.05) is 36.7 Å². The van der Waals surface area contributed by atoms with Crippen molar-refractivity contribution in [3.63, 3.8) is 0 Å². The first-order valence-electron chi connectivity index (χ1n) is 6.44. The first-order valence-corrected chi connectivity index (χ1v) is 7.23. The number of aromatic nitrogens is 2. The fourth-order valence-corrected chi connectivity index (χ4v) is 2.79. The number of hydrogen-bond acceptors (Lipinski definition) is 2. The average molecular weight is 345 g/mol. The molecule has 21 heavy (non-hydrogen) atoms. The Hall–Kier alpha value is -2.14. The lowest BCUT2D eigenvalue weighted by atomic mass is 10.1. The number of imidazole rings is 1. The summed E-state index contributed by atoms with van der Waals surface area (Å²) in [5, 5.41) is 9.08. The Morgan fingerprint density at radius 3 is 2.76 bits per heavy atom. The first kappa shape index (κ1) is 13.8. The molecule has 3 rings (SSSR count). The standard InChI is InChI=1S/C16H13BrN2O2/c1-9-11(4-3-5-12(9)17)15-18-13-8-10(16(20)21)6-7-14(13)19(15)2/h3-8H,1-2H3,(H,20,21). The van der Waals surface area contributed by atoms with Gasteiger partial charge in [0.25, 0.3) is 0 Å². The Bertz CT molecular complexity index is 868. The van der Waals surface area contributed by atoms with Crippen LogP contribution in [0.5, 0.6) is 0 Å². The number of aryl methyl sites for hydroxylation is 1. The number of hydrogen-bond donors (Lipinski definition) is 1. The summed E-state index contributed by atoms with van der Waals surface area (Å²) in [5.74, 6) is -0.117. The van der Waals surface area contributed by atoms with Crippen LogP contribution in [0.2, 0.25) is 0 Å². The number of fused-ring (bicyclic) bond motifs is 1. The maximum atomic E-state index is 11.1. The molecule has 0 aliphatic carbocycles. The summed E-state index contributed by atoms with van der Waals surface area (Å²) in [5.41, 5.74) is 3.98. The summed E-state index contributed by atoms with van der Waals surface area (Å²) in [6.45, 7) is 2.03. The van der Waals surface area contributed by atoms with E-state index in [4.69, 9.17) is 5.11 Å². The molecule has 4 nitrogen and oxygen atoms in total. The van der Waals surface area contributed by atoms with Gasteiger partial charge in [-0.3, -0.25) is 0 Å². The van der Waals surface area contributed by atoms with Gasteiger partial charge in [-0.1, -0.05) is 28.1 Å². The topological polar surface area (TPSA) is 55.1 Å². The highest BCUT2D eigenvalue weighted by atomic mass is 79.9. The van der Waals surface area contributed by atoms with Crippen LogP contribution in [0.1, 0.15) is 15.9 Å². The molecule has 0 aliphatic rings. The molecule has 0 radical (unpaired) electrons. The summed E-state index contributed by atoms with van der Waals surface area (Å²) in [6, 6.07) is 11.0. The lowest BCUT2D eigenvalue weighted by Crippen LogP contribution is -1.96. The van der Waals surface area contributed by atoms with E-state index in [1.165, 1.54) is 0 Å². The monoisotopic (exact) mass is 344 g/mol. The van der Waals surface area contributed by atoms with Crippen molar-refractivity contribution in [3.8, 4) is 11.4 Å². The van der Waals surface area contributed by atoms with Gasteiger partial charge in [0, 0.05) is 17.1 Å². The maximum absolute atomic E-state index is 11.1. The molecule has 0 saturated carbocycles. The van der Waals surface area contributed by atoms with Crippen LogP contribution in [0.15, 0.2) is 40.9 Å². The van der Waals surface area contributed by atoms with Crippen LogP contribution in [-0.4, -0.2) is 20.6 Å². The van der Waals surface area contributed by atoms with Gasteiger partial charge in [-0.25, -0.2) is 9.78 Å². The molecule has 2 aromatic carbocycles. The van der Waals surface area contributed by atoms with Crippen LogP contribution in [0, 0.1) is 6.92 Å². The van der Waals surface area contributed by atoms with E-state index in [-0.39, 0.29) is 5.56 Å². The predicted octanol–water partition coefficient (Wildman–Crippen LogP) is 4.01. The number of carboxylic acids is 1. The van der Waals surface area contributed by atoms with E-state index in [9.17, 15) is 4.79 Å². The highest BCUT2D eigenvalue weighted by molar-refractivity contribution is 9.10. The van der Waals surface area contributed by atoms with E-state index in [1.54, 1.807) is 18.2 Å². The predicted molar refractivity (Wildman–Crippen MR) is 85.5 cm³/mol. The van der Waals surface area contributed by atoms with Crippen molar-refractivity contribution in [3.05, 3.63) is 52.0 Å². The molecule has 5 heteroatoms. The average Bonchev–Trinajstić information content (AvgIpc) is 2.78. The fourth-order valence-electron chi connectivity index (χ4n) is 2.42. The minimum absolute atomic E-state index is 0.248. The fraction of sp³-hybridized carbons (Fsp3) is 0.125. The first-order chi connectivity index (χ1) is 9.99. The van der Waals surface area contributed by atoms with Gasteiger partial charge in [0.1, 0.15) is 5.82 Å². The van der Waals surface area contributed by atoms with Crippen molar-refractivity contribution in [2.45, 2.75) is 6.92 Å². The third-order valence-electron chi connectivity index (χ3n) is 3.64. The van der Waals surface area contributed by atoms with E-state index in [0.29, 0.717) is 5.52 Å². The quantitative estimate of drug-likeness (QED) is 0.764. The third kappa shape index (κ3) is 2.23. The van der Waals surface area contributed by atoms with Crippen molar-refractivity contribution in [1.29, 1.82) is 0 Å². The normalized spacial score (nSPS) is 11.0. The Balaban J connectivity index is 2.26. The zero-order chi connectivity index (χ0) is 15.1. The van der Waals surface area contributed by atoms with Gasteiger partial charge < -0.3 is 9.67 Å². The van der Waals surface area contributed by atoms with Crippen LogP contribution >= 0.6 is 15.9 Å². The van der Waals surface area contributed by atoms with Crippen molar-refractivity contribution < 1.29 is 9.90 Å². The molecule has 3 aromatic rings. The molecule has 1 N–H and O–H groups in total. The Morgan fingerprint density at radius 1 is 1.29 bits per heavy atom. The van der Waals surface area contributed by atoms with Gasteiger partial charge in [-0.05, 0) is 36.8 Å². The number of halogens is 1. The molecule has 0 spiro atoms. The van der Waals surface area contributed by atoms with Crippen LogP contribution < -0.4 is 0 Å². The lowest BCUT2D eigenvalue weighted by Gasteiger charge is -2.07. The molecule has 0 unspecified atom stereocenters. The molecule has 0 saturated heterocycles. The molecular formula is C16H13BrN2O2. The van der Waals surface area contributed by atoms with Crippen LogP contribution in [0.3, 0.4) is 0 Å². The smallest absolute Gasteiger partial charge is 0.335 e. The number of nitrogens with zero attached hydrogens (tertiary/aromatic N) is 2. The second-order valence-electron chi connectivity index (χ2n) is 4.92. The second kappa shape index (κ2) is 5.00. The molecular weight excluding hydrogens is 332 g/mol. The van der Waals surface area contributed by atoms with Crippen LogP contribution in [-0.2, 0) is 7.05 Å². The van der Waals surface area contributed by atoms with Crippen molar-refractivity contribution in [2.75, 3.05) is 0 Å².